The molecule has 212 valence electrons. The molecule has 0 radical (unpaired) electrons. The maximum Gasteiger partial charge on any atom is 0.412 e. The number of benzene rings is 1. The van der Waals surface area contributed by atoms with Crippen molar-refractivity contribution in [1.29, 1.82) is 0 Å². The van der Waals surface area contributed by atoms with Crippen LogP contribution in [0.1, 0.15) is 49.0 Å². The number of fused-ring (bicyclic) bond motifs is 1. The lowest BCUT2D eigenvalue weighted by molar-refractivity contribution is 0.102. The Morgan fingerprint density at radius 1 is 0.927 bits per heavy atom. The van der Waals surface area contributed by atoms with Crippen molar-refractivity contribution in [2.75, 3.05) is 20.9 Å². The van der Waals surface area contributed by atoms with Crippen LogP contribution in [0.5, 0.6) is 0 Å². The first-order valence-electron chi connectivity index (χ1n) is 13.5. The van der Waals surface area contributed by atoms with E-state index in [9.17, 15) is 23.5 Å². The second kappa shape index (κ2) is 11.0. The molecule has 4 aromatic rings. The van der Waals surface area contributed by atoms with E-state index in [-0.39, 0.29) is 23.5 Å². The maximum atomic E-state index is 14.1. The third-order valence-electron chi connectivity index (χ3n) is 7.38. The first kappa shape index (κ1) is 26.4. The van der Waals surface area contributed by atoms with Gasteiger partial charge >= 0.3 is 6.09 Å². The van der Waals surface area contributed by atoms with Gasteiger partial charge in [0.15, 0.2) is 17.2 Å². The third-order valence-corrected chi connectivity index (χ3v) is 7.38. The topological polar surface area (TPSA) is 137 Å². The van der Waals surface area contributed by atoms with Crippen molar-refractivity contribution in [3.63, 3.8) is 0 Å². The van der Waals surface area contributed by atoms with Crippen LogP contribution >= 0.6 is 0 Å². The summed E-state index contributed by atoms with van der Waals surface area (Å²) in [5.74, 6) is -1.12. The predicted octanol–water partition coefficient (Wildman–Crippen LogP) is 5.14. The van der Waals surface area contributed by atoms with Crippen molar-refractivity contribution in [2.24, 2.45) is 0 Å². The molecule has 2 aliphatic rings. The standard InChI is InChI=1S/C28H28F2N8O3/c29-16-1-7-19(8-2-16)37(28(40)41)20-9-5-18(6-10-20)34-25-13-23(33-17-3-4-17)26-32-15-24(38(26)36-25)27(39)35-22-11-12-31-14-21(22)30/h1-2,7-8,11-15,17-18,20,33H,3-6,9-10H2,(H,34,36)(H,40,41)(H,31,35,39). The summed E-state index contributed by atoms with van der Waals surface area (Å²) in [6.07, 6.45) is 7.36. The Bertz CT molecular complexity index is 1580. The van der Waals surface area contributed by atoms with Crippen LogP contribution < -0.4 is 20.9 Å². The van der Waals surface area contributed by atoms with Gasteiger partial charge in [0.1, 0.15) is 11.6 Å². The molecule has 0 aliphatic heterocycles. The number of anilines is 4. The summed E-state index contributed by atoms with van der Waals surface area (Å²) in [4.78, 5) is 34.5. The second-order valence-corrected chi connectivity index (χ2v) is 10.3. The van der Waals surface area contributed by atoms with Gasteiger partial charge < -0.3 is 21.1 Å². The van der Waals surface area contributed by atoms with Crippen LogP contribution in [0.4, 0.5) is 36.5 Å². The third kappa shape index (κ3) is 5.74. The fourth-order valence-electron chi connectivity index (χ4n) is 5.18. The molecule has 0 atom stereocenters. The van der Waals surface area contributed by atoms with E-state index >= 15 is 0 Å². The lowest BCUT2D eigenvalue weighted by atomic mass is 9.90. The van der Waals surface area contributed by atoms with Crippen LogP contribution in [0.3, 0.4) is 0 Å². The summed E-state index contributed by atoms with van der Waals surface area (Å²) < 4.78 is 28.9. The van der Waals surface area contributed by atoms with E-state index in [0.717, 1.165) is 24.7 Å². The molecule has 2 amide bonds. The monoisotopic (exact) mass is 562 g/mol. The molecule has 0 spiro atoms. The fraction of sp³-hybridized carbons (Fsp3) is 0.321. The number of imidazole rings is 1. The molecule has 2 aliphatic carbocycles. The molecule has 41 heavy (non-hydrogen) atoms. The van der Waals surface area contributed by atoms with Crippen molar-refractivity contribution in [3.8, 4) is 0 Å². The minimum atomic E-state index is -1.08. The highest BCUT2D eigenvalue weighted by molar-refractivity contribution is 6.03. The first-order valence-corrected chi connectivity index (χ1v) is 13.5. The number of hydrogen-bond acceptors (Lipinski definition) is 7. The zero-order chi connectivity index (χ0) is 28.5. The normalized spacial score (nSPS) is 18.6. The van der Waals surface area contributed by atoms with E-state index < -0.39 is 23.6 Å². The van der Waals surface area contributed by atoms with Crippen LogP contribution in [0.2, 0.25) is 0 Å². The number of halogens is 2. The number of aromatic nitrogens is 4. The molecule has 2 saturated carbocycles. The summed E-state index contributed by atoms with van der Waals surface area (Å²) in [7, 11) is 0. The summed E-state index contributed by atoms with van der Waals surface area (Å²) in [6.45, 7) is 0. The van der Waals surface area contributed by atoms with Crippen molar-refractivity contribution in [3.05, 3.63) is 72.3 Å². The number of carbonyl (C=O) groups excluding carboxylic acids is 1. The Balaban J connectivity index is 1.20. The van der Waals surface area contributed by atoms with Gasteiger partial charge in [-0.2, -0.15) is 0 Å². The van der Waals surface area contributed by atoms with Gasteiger partial charge in [0.05, 0.1) is 23.8 Å². The van der Waals surface area contributed by atoms with E-state index in [2.05, 4.69) is 31.0 Å². The van der Waals surface area contributed by atoms with Crippen LogP contribution in [-0.4, -0.2) is 54.8 Å². The van der Waals surface area contributed by atoms with E-state index in [1.54, 1.807) is 0 Å². The molecule has 0 bridgehead atoms. The van der Waals surface area contributed by atoms with Crippen molar-refractivity contribution >= 4 is 40.5 Å². The highest BCUT2D eigenvalue weighted by Crippen LogP contribution is 2.32. The van der Waals surface area contributed by atoms with E-state index in [1.165, 1.54) is 52.1 Å². The quantitative estimate of drug-likeness (QED) is 0.232. The molecule has 1 aromatic carbocycles. The molecule has 4 N–H and O–H groups in total. The van der Waals surface area contributed by atoms with Gasteiger partial charge in [0, 0.05) is 36.1 Å². The molecular formula is C28H28F2N8O3. The summed E-state index contributed by atoms with van der Waals surface area (Å²) in [6, 6.07) is 8.78. The molecule has 2 fully saturated rings. The average molecular weight is 563 g/mol. The number of nitrogens with zero attached hydrogens (tertiary/aromatic N) is 5. The Labute approximate surface area is 233 Å². The summed E-state index contributed by atoms with van der Waals surface area (Å²) in [5.41, 5.74) is 1.78. The molecular weight excluding hydrogens is 534 g/mol. The molecule has 3 aromatic heterocycles. The number of rotatable bonds is 8. The average Bonchev–Trinajstić information content (AvgIpc) is 3.67. The lowest BCUT2D eigenvalue weighted by Crippen LogP contribution is -2.43. The van der Waals surface area contributed by atoms with E-state index in [0.29, 0.717) is 48.9 Å². The second-order valence-electron chi connectivity index (χ2n) is 10.3. The summed E-state index contributed by atoms with van der Waals surface area (Å²) >= 11 is 0. The molecule has 11 nitrogen and oxygen atoms in total. The van der Waals surface area contributed by atoms with Gasteiger partial charge in [-0.1, -0.05) is 0 Å². The van der Waals surface area contributed by atoms with Gasteiger partial charge in [-0.15, -0.1) is 5.10 Å². The van der Waals surface area contributed by atoms with Crippen LogP contribution in [0.25, 0.3) is 5.65 Å². The maximum absolute atomic E-state index is 14.1. The Kier molecular flexibility index (Phi) is 7.08. The molecule has 6 rings (SSSR count). The van der Waals surface area contributed by atoms with Crippen LogP contribution in [-0.2, 0) is 0 Å². The van der Waals surface area contributed by atoms with Gasteiger partial charge in [-0.25, -0.2) is 23.1 Å². The largest absolute Gasteiger partial charge is 0.465 e. The minimum absolute atomic E-state index is 0.00152. The number of nitrogens with one attached hydrogen (secondary N) is 3. The number of pyridine rings is 1. The molecule has 0 saturated heterocycles. The van der Waals surface area contributed by atoms with E-state index in [4.69, 9.17) is 0 Å². The lowest BCUT2D eigenvalue weighted by Gasteiger charge is -2.35. The highest BCUT2D eigenvalue weighted by atomic mass is 19.1. The predicted molar refractivity (Wildman–Crippen MR) is 148 cm³/mol. The van der Waals surface area contributed by atoms with Gasteiger partial charge in [-0.3, -0.25) is 14.7 Å². The van der Waals surface area contributed by atoms with Gasteiger partial charge in [0.2, 0.25) is 0 Å². The molecule has 13 heteroatoms. The smallest absolute Gasteiger partial charge is 0.412 e. The van der Waals surface area contributed by atoms with Gasteiger partial charge in [0.25, 0.3) is 5.91 Å². The number of carboxylic acid groups (broad SMARTS) is 1. The Hall–Kier alpha value is -4.81. The first-order chi connectivity index (χ1) is 19.9. The SMILES string of the molecule is O=C(Nc1ccncc1F)c1cnc2c(NC3CC3)cc(NC3CCC(N(C(=O)O)c4ccc(F)cc4)CC3)nn12. The Morgan fingerprint density at radius 2 is 1.63 bits per heavy atom. The van der Waals surface area contributed by atoms with Crippen molar-refractivity contribution < 1.29 is 23.5 Å². The summed E-state index contributed by atoms with van der Waals surface area (Å²) in [5, 5.41) is 23.9. The number of carbonyl (C=O) groups is 2. The number of amides is 2. The fourth-order valence-corrected chi connectivity index (χ4v) is 5.18. The van der Waals surface area contributed by atoms with E-state index in [1.807, 2.05) is 6.07 Å². The minimum Gasteiger partial charge on any atom is -0.465 e. The van der Waals surface area contributed by atoms with Crippen molar-refractivity contribution in [2.45, 2.75) is 56.7 Å². The molecule has 3 heterocycles. The number of hydrogen-bond donors (Lipinski definition) is 4. The molecule has 0 unspecified atom stereocenters. The Morgan fingerprint density at radius 3 is 2.32 bits per heavy atom. The van der Waals surface area contributed by atoms with Gasteiger partial charge in [-0.05, 0) is 68.9 Å². The highest BCUT2D eigenvalue weighted by Gasteiger charge is 2.31. The van der Waals surface area contributed by atoms with Crippen LogP contribution in [0.15, 0.2) is 55.0 Å². The van der Waals surface area contributed by atoms with Crippen molar-refractivity contribution in [1.82, 2.24) is 19.6 Å². The zero-order valence-electron chi connectivity index (χ0n) is 21.9. The zero-order valence-corrected chi connectivity index (χ0v) is 21.9. The van der Waals surface area contributed by atoms with Crippen LogP contribution in [0, 0.1) is 11.6 Å².